The van der Waals surface area contributed by atoms with Crippen LogP contribution in [0.25, 0.3) is 11.1 Å². The quantitative estimate of drug-likeness (QED) is 0.0130. The number of thioether (sulfide) groups is 1. The fourth-order valence-electron chi connectivity index (χ4n) is 8.37. The van der Waals surface area contributed by atoms with Gasteiger partial charge in [0.15, 0.2) is 5.78 Å². The molecule has 384 valence electrons. The lowest BCUT2D eigenvalue weighted by Gasteiger charge is -2.37. The molecule has 3 unspecified atom stereocenters. The number of nitrogens with zero attached hydrogens (tertiary/aromatic N) is 4. The highest BCUT2D eigenvalue weighted by atomic mass is 32.2. The van der Waals surface area contributed by atoms with Crippen molar-refractivity contribution >= 4 is 41.2 Å². The molecule has 5 atom stereocenters. The van der Waals surface area contributed by atoms with Crippen LogP contribution in [0.3, 0.4) is 0 Å². The zero-order valence-corrected chi connectivity index (χ0v) is 43.8. The Labute approximate surface area is 422 Å². The highest BCUT2D eigenvalue weighted by molar-refractivity contribution is 8.03. The van der Waals surface area contributed by atoms with Crippen molar-refractivity contribution in [2.75, 3.05) is 62.8 Å². The number of aliphatic hydroxyl groups is 1. The number of nitrogens with one attached hydrogen (secondary N) is 3. The first-order valence-corrected chi connectivity index (χ1v) is 26.0. The molecule has 0 radical (unpaired) electrons. The largest absolute Gasteiger partial charge is 0.393 e. The van der Waals surface area contributed by atoms with E-state index in [-0.39, 0.29) is 41.0 Å². The van der Waals surface area contributed by atoms with Gasteiger partial charge in [0.05, 0.1) is 23.5 Å². The summed E-state index contributed by atoms with van der Waals surface area (Å²) < 4.78 is 0. The van der Waals surface area contributed by atoms with E-state index in [1.54, 1.807) is 13.8 Å². The van der Waals surface area contributed by atoms with Crippen LogP contribution in [0.5, 0.6) is 0 Å². The lowest BCUT2D eigenvalue weighted by Crippen LogP contribution is -2.51. The number of anilines is 2. The second kappa shape index (κ2) is 32.7. The van der Waals surface area contributed by atoms with E-state index in [0.29, 0.717) is 18.4 Å². The maximum Gasteiger partial charge on any atom is 0.232 e. The Hall–Kier alpha value is -5.16. The molecule has 5 N–H and O–H groups in total. The third-order valence-electron chi connectivity index (χ3n) is 12.4. The number of amides is 2. The molecule has 6 rings (SSSR count). The molecule has 1 aliphatic heterocycles. The molecule has 70 heavy (non-hydrogen) atoms. The van der Waals surface area contributed by atoms with Crippen molar-refractivity contribution in [1.29, 1.82) is 0 Å². The molecule has 1 fully saturated rings. The average molecular weight is 984 g/mol. The minimum atomic E-state index is -0.699. The number of hydrogen-bond acceptors (Lipinski definition) is 12. The van der Waals surface area contributed by atoms with Crippen molar-refractivity contribution in [3.63, 3.8) is 0 Å². The minimum absolute atomic E-state index is 0.00472. The molecule has 0 spiro atoms. The Morgan fingerprint density at radius 2 is 1.70 bits per heavy atom. The average Bonchev–Trinajstić information content (AvgIpc) is 3.36. The molecule has 0 saturated carbocycles. The van der Waals surface area contributed by atoms with Crippen molar-refractivity contribution in [3.8, 4) is 11.1 Å². The number of nitro groups is 1. The number of aliphatic hydroxyl groups excluding tert-OH is 1. The highest BCUT2D eigenvalue weighted by Crippen LogP contribution is 2.31. The third-order valence-corrected chi connectivity index (χ3v) is 13.6. The number of hydroxylamine groups is 1. The summed E-state index contributed by atoms with van der Waals surface area (Å²) in [4.78, 5) is 53.1. The van der Waals surface area contributed by atoms with Gasteiger partial charge in [-0.2, -0.15) is 0 Å². The molecule has 2 amide bonds. The van der Waals surface area contributed by atoms with Crippen LogP contribution in [0.2, 0.25) is 0 Å². The van der Waals surface area contributed by atoms with Crippen molar-refractivity contribution in [1.82, 2.24) is 20.6 Å². The first-order valence-electron chi connectivity index (χ1n) is 25.0. The van der Waals surface area contributed by atoms with Crippen LogP contribution in [-0.4, -0.2) is 120 Å². The smallest absolute Gasteiger partial charge is 0.232 e. The van der Waals surface area contributed by atoms with Crippen LogP contribution >= 0.6 is 11.8 Å². The van der Waals surface area contributed by atoms with Crippen LogP contribution < -0.4 is 21.0 Å². The standard InChI is InChI=1S/C32H39N3O2.C20H33N3O3S.C2H6.CH3NO2/c1-4-5-6-11-32(37)33-30-22-27(25(3)36)16-17-31(30)35-20-18-34(19-21-35)23-28-9-7-8-10-29(28)26-14-12-24(2)13-15-26;1-15(24)16-9-10-19(20(13-16)23(25)26)21-17(11-12-22(2)3)14-27-18-7-5-4-6-8-18;1-2;3-1-2-4/h7-10,12-17,22H,4-6,11,18-21,23H2,1-3H3,(H,33,37);5,7-10,15-17,19-21,24H,4,6,11-14H2,1-3H3;1-2H3;1,4H,(H,2,3)/t;15-,16?,17+,19?,20?;;/m.0../s1. The lowest BCUT2D eigenvalue weighted by molar-refractivity contribution is -0.528. The minimum Gasteiger partial charge on any atom is -0.393 e. The monoisotopic (exact) mass is 984 g/mol. The van der Waals surface area contributed by atoms with Gasteiger partial charge in [-0.15, -0.1) is 11.8 Å². The number of carbonyl (C=O) groups excluding carboxylic acids is 3. The van der Waals surface area contributed by atoms with Gasteiger partial charge in [-0.1, -0.05) is 118 Å². The van der Waals surface area contributed by atoms with Crippen LogP contribution in [0.4, 0.5) is 11.4 Å². The van der Waals surface area contributed by atoms with E-state index >= 15 is 0 Å². The van der Waals surface area contributed by atoms with Gasteiger partial charge in [-0.3, -0.25) is 34.6 Å². The van der Waals surface area contributed by atoms with Gasteiger partial charge in [-0.05, 0) is 102 Å². The van der Waals surface area contributed by atoms with Crippen LogP contribution in [0, 0.1) is 23.0 Å². The number of carbonyl (C=O) groups is 3. The summed E-state index contributed by atoms with van der Waals surface area (Å²) in [6.45, 7) is 16.9. The van der Waals surface area contributed by atoms with Crippen LogP contribution in [-0.2, 0) is 16.1 Å². The van der Waals surface area contributed by atoms with E-state index in [4.69, 9.17) is 10.0 Å². The fourth-order valence-corrected chi connectivity index (χ4v) is 9.46. The second-order valence-corrected chi connectivity index (χ2v) is 19.2. The van der Waals surface area contributed by atoms with Crippen molar-refractivity contribution in [2.24, 2.45) is 5.92 Å². The number of rotatable bonds is 21. The molecule has 1 heterocycles. The summed E-state index contributed by atoms with van der Waals surface area (Å²) in [5, 5.41) is 35.3. The number of hydrogen-bond donors (Lipinski definition) is 5. The molecular formula is C55H81N7O7S. The summed E-state index contributed by atoms with van der Waals surface area (Å²) in [7, 11) is 4.09. The van der Waals surface area contributed by atoms with Gasteiger partial charge in [0.2, 0.25) is 18.4 Å². The Kier molecular flexibility index (Phi) is 27.6. The molecule has 14 nitrogen and oxygen atoms in total. The van der Waals surface area contributed by atoms with Crippen molar-refractivity contribution in [2.45, 2.75) is 124 Å². The van der Waals surface area contributed by atoms with Crippen molar-refractivity contribution in [3.05, 3.63) is 129 Å². The van der Waals surface area contributed by atoms with E-state index in [1.807, 2.05) is 70.1 Å². The number of aryl methyl sites for hydroxylation is 1. The molecule has 1 saturated heterocycles. The van der Waals surface area contributed by atoms with Gasteiger partial charge in [-0.25, -0.2) is 5.48 Å². The predicted octanol–water partition coefficient (Wildman–Crippen LogP) is 9.69. The zero-order chi connectivity index (χ0) is 51.4. The van der Waals surface area contributed by atoms with Crippen molar-refractivity contribution < 1.29 is 29.6 Å². The molecule has 0 aromatic heterocycles. The normalized spacial score (nSPS) is 18.4. The van der Waals surface area contributed by atoms with E-state index in [9.17, 15) is 24.8 Å². The van der Waals surface area contributed by atoms with Crippen LogP contribution in [0.1, 0.15) is 107 Å². The van der Waals surface area contributed by atoms with Gasteiger partial charge >= 0.3 is 0 Å². The fraction of sp³-hybridized carbons (Fsp3) is 0.509. The molecule has 0 bridgehead atoms. The summed E-state index contributed by atoms with van der Waals surface area (Å²) in [5.74, 6) is 0.760. The van der Waals surface area contributed by atoms with Gasteiger partial charge < -0.3 is 25.5 Å². The van der Waals surface area contributed by atoms with Crippen LogP contribution in [0.15, 0.2) is 102 Å². The third kappa shape index (κ3) is 20.7. The summed E-state index contributed by atoms with van der Waals surface area (Å²) in [6, 6.07) is 22.3. The summed E-state index contributed by atoms with van der Waals surface area (Å²) in [6.07, 6.45) is 17.1. The Bertz CT molecular complexity index is 2140. The Morgan fingerprint density at radius 3 is 2.30 bits per heavy atom. The number of Topliss-reactive ketones (excluding diaryl/α,β-unsaturated/α-hetero) is 1. The maximum absolute atomic E-state index is 12.6. The molecule has 15 heteroatoms. The van der Waals surface area contributed by atoms with E-state index < -0.39 is 12.1 Å². The van der Waals surface area contributed by atoms with E-state index in [0.717, 1.165) is 94.9 Å². The van der Waals surface area contributed by atoms with Gasteiger partial charge in [0.1, 0.15) is 0 Å². The zero-order valence-electron chi connectivity index (χ0n) is 42.9. The number of piperazine rings is 1. The van der Waals surface area contributed by atoms with E-state index in [1.165, 1.54) is 32.6 Å². The SMILES string of the molecule is CC.CCCCCC(=O)Nc1cc(C(C)=O)ccc1N1CCN(Cc2ccccc2-c2ccc(C)cc2)CC1.C[C@H](O)C1C=CC(N[C@H](CCN(C)C)CSC2=CCCC=C2)C([N+](=O)[O-])C1.O=CNO. The summed E-state index contributed by atoms with van der Waals surface area (Å²) in [5.41, 5.74) is 8.76. The molecular weight excluding hydrogens is 903 g/mol. The Morgan fingerprint density at radius 1 is 1.00 bits per heavy atom. The number of benzene rings is 3. The summed E-state index contributed by atoms with van der Waals surface area (Å²) >= 11 is 1.82. The topological polar surface area (TPSA) is 181 Å². The first kappa shape index (κ1) is 59.2. The number of ketones is 1. The molecule has 3 aliphatic rings. The predicted molar refractivity (Wildman–Crippen MR) is 288 cm³/mol. The molecule has 3 aromatic rings. The number of allylic oxidation sites excluding steroid dienone is 3. The first-order chi connectivity index (χ1) is 33.7. The second-order valence-electron chi connectivity index (χ2n) is 18.1. The molecule has 2 aliphatic carbocycles. The lowest BCUT2D eigenvalue weighted by atomic mass is 9.85. The van der Waals surface area contributed by atoms with E-state index in [2.05, 4.69) is 106 Å². The number of unbranched alkanes of at least 4 members (excludes halogenated alkanes) is 2. The van der Waals surface area contributed by atoms with Gasteiger partial charge in [0, 0.05) is 78.7 Å². The Balaban J connectivity index is 0.000000346. The maximum atomic E-state index is 12.6. The molecule has 3 aromatic carbocycles. The van der Waals surface area contributed by atoms with Gasteiger partial charge in [0.25, 0.3) is 0 Å². The highest BCUT2D eigenvalue weighted by Gasteiger charge is 2.37.